The Labute approximate surface area is 248 Å². The van der Waals surface area contributed by atoms with E-state index in [0.29, 0.717) is 38.9 Å². The molecular weight excluding hydrogens is 559 g/mol. The number of methoxy groups -OCH3 is 1. The number of fused-ring (bicyclic) bond motifs is 1. The number of amides is 1. The maximum Gasteiger partial charge on any atom is 0.343 e. The zero-order chi connectivity index (χ0) is 30.2. The van der Waals surface area contributed by atoms with Gasteiger partial charge < -0.3 is 24.4 Å². The van der Waals surface area contributed by atoms with Crippen molar-refractivity contribution >= 4 is 34.9 Å². The lowest BCUT2D eigenvalue weighted by Gasteiger charge is -2.39. The first-order valence-corrected chi connectivity index (χ1v) is 13.6. The van der Waals surface area contributed by atoms with Crippen molar-refractivity contribution in [2.75, 3.05) is 24.4 Å². The highest BCUT2D eigenvalue weighted by Crippen LogP contribution is 2.45. The summed E-state index contributed by atoms with van der Waals surface area (Å²) < 4.78 is 31.5. The monoisotopic (exact) mass is 588 g/mol. The zero-order valence-electron chi connectivity index (χ0n) is 23.9. The van der Waals surface area contributed by atoms with Gasteiger partial charge in [-0.2, -0.15) is 0 Å². The number of carbonyl (C=O) groups is 2. The van der Waals surface area contributed by atoms with Crippen LogP contribution in [0.3, 0.4) is 0 Å². The number of nitrogens with zero attached hydrogens (tertiary/aromatic N) is 1. The van der Waals surface area contributed by atoms with Crippen LogP contribution in [-0.2, 0) is 11.4 Å². The molecule has 0 radical (unpaired) electrons. The van der Waals surface area contributed by atoms with Crippen molar-refractivity contribution in [2.24, 2.45) is 0 Å². The molecule has 0 atom stereocenters. The minimum atomic E-state index is -0.813. The molecule has 4 aromatic carbocycles. The molecule has 0 spiro atoms. The summed E-state index contributed by atoms with van der Waals surface area (Å²) in [5, 5.41) is 3.75. The average molecular weight is 589 g/mol. The van der Waals surface area contributed by atoms with Crippen LogP contribution in [0.15, 0.2) is 72.8 Å². The third kappa shape index (κ3) is 5.63. The van der Waals surface area contributed by atoms with Crippen LogP contribution in [0.1, 0.15) is 35.3 Å². The lowest BCUT2D eigenvalue weighted by molar-refractivity contribution is -0.121. The molecule has 1 aliphatic heterocycles. The Kier molecular flexibility index (Phi) is 7.84. The standard InChI is InChI=1S/C33H30ClFN2O5/c1-19-9-10-22(35)16-28(19)41-18-26-24(13-14-27-30(26)37(4)32(39)33(2,3)36-27)25-12-11-23(17-29(25)40-5)42-31(38)20-7-6-8-21(34)15-20/h6-17,36H,18H2,1-5H3. The molecule has 0 bridgehead atoms. The molecule has 216 valence electrons. The number of benzene rings is 4. The molecule has 9 heteroatoms. The molecule has 1 N–H and O–H groups in total. The number of carbonyl (C=O) groups excluding carboxylic acids is 2. The van der Waals surface area contributed by atoms with E-state index in [0.717, 1.165) is 16.8 Å². The average Bonchev–Trinajstić information content (AvgIpc) is 2.96. The SMILES string of the molecule is COc1cc(OC(=O)c2cccc(Cl)c2)ccc1-c1ccc2c(c1COc1cc(F)ccc1C)N(C)C(=O)C(C)(C)N2. The topological polar surface area (TPSA) is 77.1 Å². The van der Waals surface area contributed by atoms with Crippen LogP contribution in [0.4, 0.5) is 15.8 Å². The highest BCUT2D eigenvalue weighted by Gasteiger charge is 2.38. The maximum atomic E-state index is 14.0. The van der Waals surface area contributed by atoms with E-state index in [1.807, 2.05) is 32.9 Å². The maximum absolute atomic E-state index is 14.0. The molecule has 0 unspecified atom stereocenters. The van der Waals surface area contributed by atoms with E-state index in [1.54, 1.807) is 54.4 Å². The first-order valence-electron chi connectivity index (χ1n) is 13.3. The lowest BCUT2D eigenvalue weighted by atomic mass is 9.91. The Bertz CT molecular complexity index is 1700. The lowest BCUT2D eigenvalue weighted by Crippen LogP contribution is -2.52. The summed E-state index contributed by atoms with van der Waals surface area (Å²) in [5.41, 5.74) is 3.78. The van der Waals surface area contributed by atoms with Gasteiger partial charge in [0.15, 0.2) is 0 Å². The van der Waals surface area contributed by atoms with Crippen molar-refractivity contribution in [3.8, 4) is 28.4 Å². The molecule has 1 aliphatic rings. The van der Waals surface area contributed by atoms with Crippen molar-refractivity contribution in [1.29, 1.82) is 0 Å². The predicted molar refractivity (Wildman–Crippen MR) is 161 cm³/mol. The normalized spacial score (nSPS) is 13.7. The number of rotatable bonds is 7. The van der Waals surface area contributed by atoms with E-state index in [2.05, 4.69) is 5.32 Å². The molecule has 1 amide bonds. The highest BCUT2D eigenvalue weighted by atomic mass is 35.5. The van der Waals surface area contributed by atoms with Crippen molar-refractivity contribution in [2.45, 2.75) is 32.9 Å². The van der Waals surface area contributed by atoms with Gasteiger partial charge in [0.2, 0.25) is 0 Å². The molecule has 0 saturated carbocycles. The number of esters is 1. The van der Waals surface area contributed by atoms with Gasteiger partial charge in [0.1, 0.15) is 35.2 Å². The van der Waals surface area contributed by atoms with Crippen LogP contribution in [0.5, 0.6) is 17.2 Å². The summed E-state index contributed by atoms with van der Waals surface area (Å²) in [4.78, 5) is 27.6. The number of hydrogen-bond donors (Lipinski definition) is 1. The molecule has 0 aromatic heterocycles. The summed E-state index contributed by atoms with van der Waals surface area (Å²) in [5.74, 6) is 0.0214. The van der Waals surface area contributed by atoms with Crippen molar-refractivity contribution < 1.29 is 28.2 Å². The summed E-state index contributed by atoms with van der Waals surface area (Å²) in [6.07, 6.45) is 0. The number of likely N-dealkylation sites (N-methyl/N-ethyl adjacent to an activating group) is 1. The number of nitrogens with one attached hydrogen (secondary N) is 1. The van der Waals surface area contributed by atoms with Gasteiger partial charge in [-0.1, -0.05) is 29.8 Å². The Morgan fingerprint density at radius 3 is 2.50 bits per heavy atom. The van der Waals surface area contributed by atoms with Gasteiger partial charge >= 0.3 is 5.97 Å². The second-order valence-corrected chi connectivity index (χ2v) is 11.0. The van der Waals surface area contributed by atoms with Crippen LogP contribution >= 0.6 is 11.6 Å². The first kappa shape index (κ1) is 29.0. The number of anilines is 2. The number of ether oxygens (including phenoxy) is 3. The summed E-state index contributed by atoms with van der Waals surface area (Å²) >= 11 is 6.02. The molecule has 0 aliphatic carbocycles. The second kappa shape index (κ2) is 11.4. The third-order valence-corrected chi connectivity index (χ3v) is 7.40. The molecule has 0 fully saturated rings. The van der Waals surface area contributed by atoms with Crippen LogP contribution in [-0.4, -0.2) is 31.6 Å². The minimum Gasteiger partial charge on any atom is -0.496 e. The third-order valence-electron chi connectivity index (χ3n) is 7.16. The number of halogens is 2. The fourth-order valence-electron chi connectivity index (χ4n) is 5.05. The zero-order valence-corrected chi connectivity index (χ0v) is 24.6. The highest BCUT2D eigenvalue weighted by molar-refractivity contribution is 6.30. The van der Waals surface area contributed by atoms with Crippen LogP contribution in [0.25, 0.3) is 11.1 Å². The molecule has 4 aromatic rings. The Hall–Kier alpha value is -4.56. The van der Waals surface area contributed by atoms with E-state index < -0.39 is 17.3 Å². The van der Waals surface area contributed by atoms with Gasteiger partial charge in [0.25, 0.3) is 5.91 Å². The van der Waals surface area contributed by atoms with E-state index in [4.69, 9.17) is 25.8 Å². The summed E-state index contributed by atoms with van der Waals surface area (Å²) in [6, 6.07) is 19.7. The van der Waals surface area contributed by atoms with Gasteiger partial charge in [-0.15, -0.1) is 0 Å². The van der Waals surface area contributed by atoms with E-state index in [9.17, 15) is 14.0 Å². The molecule has 0 saturated heterocycles. The number of aryl methyl sites for hydroxylation is 1. The van der Waals surface area contributed by atoms with Crippen LogP contribution in [0.2, 0.25) is 5.02 Å². The van der Waals surface area contributed by atoms with E-state index in [1.165, 1.54) is 25.3 Å². The smallest absolute Gasteiger partial charge is 0.343 e. The Balaban J connectivity index is 1.57. The minimum absolute atomic E-state index is 0.0389. The number of hydrogen-bond acceptors (Lipinski definition) is 6. The fraction of sp³-hybridized carbons (Fsp3) is 0.212. The van der Waals surface area contributed by atoms with Gasteiger partial charge in [-0.25, -0.2) is 9.18 Å². The molecule has 5 rings (SSSR count). The molecular formula is C33H30ClFN2O5. The van der Waals surface area contributed by atoms with Gasteiger partial charge in [-0.3, -0.25) is 4.79 Å². The summed E-state index contributed by atoms with van der Waals surface area (Å²) in [7, 11) is 3.24. The van der Waals surface area contributed by atoms with E-state index >= 15 is 0 Å². The largest absolute Gasteiger partial charge is 0.496 e. The molecule has 1 heterocycles. The quantitative estimate of drug-likeness (QED) is 0.179. The van der Waals surface area contributed by atoms with Crippen LogP contribution < -0.4 is 24.4 Å². The molecule has 7 nitrogen and oxygen atoms in total. The van der Waals surface area contributed by atoms with Crippen molar-refractivity contribution in [1.82, 2.24) is 0 Å². The van der Waals surface area contributed by atoms with Gasteiger partial charge in [0.05, 0.1) is 24.0 Å². The van der Waals surface area contributed by atoms with Crippen LogP contribution in [0, 0.1) is 12.7 Å². The fourth-order valence-corrected chi connectivity index (χ4v) is 5.24. The summed E-state index contributed by atoms with van der Waals surface area (Å²) in [6.45, 7) is 5.52. The van der Waals surface area contributed by atoms with Crippen molar-refractivity contribution in [3.05, 3.63) is 100 Å². The Morgan fingerprint density at radius 1 is 1.00 bits per heavy atom. The molecule has 42 heavy (non-hydrogen) atoms. The van der Waals surface area contributed by atoms with Gasteiger partial charge in [-0.05, 0) is 74.4 Å². The first-order chi connectivity index (χ1) is 20.0. The Morgan fingerprint density at radius 2 is 1.76 bits per heavy atom. The van der Waals surface area contributed by atoms with Gasteiger partial charge in [0, 0.05) is 35.3 Å². The van der Waals surface area contributed by atoms with E-state index in [-0.39, 0.29) is 18.3 Å². The predicted octanol–water partition coefficient (Wildman–Crippen LogP) is 7.43. The second-order valence-electron chi connectivity index (χ2n) is 10.6. The van der Waals surface area contributed by atoms with Crippen molar-refractivity contribution in [3.63, 3.8) is 0 Å².